The van der Waals surface area contributed by atoms with E-state index < -0.39 is 21.7 Å². The van der Waals surface area contributed by atoms with Crippen molar-refractivity contribution < 1.29 is 22.7 Å². The van der Waals surface area contributed by atoms with E-state index in [0.29, 0.717) is 29.9 Å². The Hall–Kier alpha value is -2.71. The van der Waals surface area contributed by atoms with Crippen LogP contribution in [0.2, 0.25) is 0 Å². The summed E-state index contributed by atoms with van der Waals surface area (Å²) in [4.78, 5) is 29.5. The summed E-state index contributed by atoms with van der Waals surface area (Å²) in [6.07, 6.45) is -0.0781. The number of hydrogen-bond donors (Lipinski definition) is 0. The highest BCUT2D eigenvalue weighted by Crippen LogP contribution is 2.38. The van der Waals surface area contributed by atoms with Crippen molar-refractivity contribution >= 4 is 33.0 Å². The molecule has 4 rings (SSSR count). The third-order valence-electron chi connectivity index (χ3n) is 5.48. The highest BCUT2D eigenvalue weighted by molar-refractivity contribution is 7.91. The lowest BCUT2D eigenvalue weighted by Gasteiger charge is -2.38. The number of amides is 2. The normalized spacial score (nSPS) is 21.8. The van der Waals surface area contributed by atoms with E-state index in [-0.39, 0.29) is 28.5 Å². The van der Waals surface area contributed by atoms with Crippen molar-refractivity contribution in [2.75, 3.05) is 28.6 Å². The third-order valence-corrected chi connectivity index (χ3v) is 7.21. The lowest BCUT2D eigenvalue weighted by Crippen LogP contribution is -2.46. The maximum atomic E-state index is 13.1. The molecule has 2 atom stereocenters. The summed E-state index contributed by atoms with van der Waals surface area (Å²) in [6.45, 7) is 6.62. The highest BCUT2D eigenvalue weighted by Gasteiger charge is 2.39. The Kier molecular flexibility index (Phi) is 5.15. The first-order chi connectivity index (χ1) is 14.2. The summed E-state index contributed by atoms with van der Waals surface area (Å²) >= 11 is 0. The summed E-state index contributed by atoms with van der Waals surface area (Å²) in [7, 11) is -3.51. The first-order valence-electron chi connectivity index (χ1n) is 9.98. The second kappa shape index (κ2) is 7.52. The van der Waals surface area contributed by atoms with E-state index >= 15 is 0 Å². The zero-order valence-corrected chi connectivity index (χ0v) is 18.0. The molecule has 2 aliphatic rings. The minimum Gasteiger partial charge on any atom is -0.372 e. The second-order valence-electron chi connectivity index (χ2n) is 7.71. The van der Waals surface area contributed by atoms with Crippen molar-refractivity contribution in [1.29, 1.82) is 0 Å². The van der Waals surface area contributed by atoms with Crippen molar-refractivity contribution in [2.24, 2.45) is 0 Å². The van der Waals surface area contributed by atoms with Gasteiger partial charge in [0.25, 0.3) is 11.8 Å². The Morgan fingerprint density at radius 2 is 1.50 bits per heavy atom. The van der Waals surface area contributed by atoms with Crippen molar-refractivity contribution in [1.82, 2.24) is 0 Å². The Balaban J connectivity index is 1.87. The van der Waals surface area contributed by atoms with Gasteiger partial charge < -0.3 is 9.64 Å². The molecule has 0 aromatic heterocycles. The van der Waals surface area contributed by atoms with Crippen molar-refractivity contribution in [3.05, 3.63) is 53.6 Å². The topological polar surface area (TPSA) is 84.0 Å². The molecule has 1 fully saturated rings. The van der Waals surface area contributed by atoms with E-state index in [1.165, 1.54) is 6.07 Å². The maximum absolute atomic E-state index is 13.1. The van der Waals surface area contributed by atoms with Crippen LogP contribution in [0.5, 0.6) is 0 Å². The van der Waals surface area contributed by atoms with E-state index in [2.05, 4.69) is 0 Å². The lowest BCUT2D eigenvalue weighted by molar-refractivity contribution is -0.00518. The summed E-state index contributed by atoms with van der Waals surface area (Å²) in [5, 5.41) is 0. The van der Waals surface area contributed by atoms with Crippen LogP contribution < -0.4 is 9.80 Å². The van der Waals surface area contributed by atoms with Gasteiger partial charge in [-0.05, 0) is 44.2 Å². The molecule has 2 aromatic carbocycles. The molecule has 2 aliphatic heterocycles. The number of ether oxygens (including phenoxy) is 1. The van der Waals surface area contributed by atoms with Crippen molar-refractivity contribution in [3.8, 4) is 0 Å². The molecule has 0 N–H and O–H groups in total. The van der Waals surface area contributed by atoms with Crippen LogP contribution >= 0.6 is 0 Å². The number of benzene rings is 2. The van der Waals surface area contributed by atoms with Gasteiger partial charge in [0.05, 0.1) is 45.4 Å². The maximum Gasteiger partial charge on any atom is 0.266 e. The molecule has 0 bridgehead atoms. The molecule has 0 spiro atoms. The predicted octanol–water partition coefficient (Wildman–Crippen LogP) is 2.89. The lowest BCUT2D eigenvalue weighted by atomic mass is 10.1. The molecular formula is C22H24N2O5S. The molecule has 0 radical (unpaired) electrons. The molecule has 2 unspecified atom stereocenters. The summed E-state index contributed by atoms with van der Waals surface area (Å²) in [5.41, 5.74) is 1.57. The van der Waals surface area contributed by atoms with Gasteiger partial charge in [-0.15, -0.1) is 0 Å². The number of fused-ring (bicyclic) bond motifs is 1. The largest absolute Gasteiger partial charge is 0.372 e. The van der Waals surface area contributed by atoms with E-state index in [1.807, 2.05) is 18.7 Å². The van der Waals surface area contributed by atoms with Crippen LogP contribution in [0, 0.1) is 0 Å². The van der Waals surface area contributed by atoms with Gasteiger partial charge in [-0.2, -0.15) is 0 Å². The Labute approximate surface area is 176 Å². The fourth-order valence-electron chi connectivity index (χ4n) is 4.09. The SMILES string of the molecule is CCS(=O)(=O)c1ccc(N2CC(C)OC(C)C2)c(N2C(=O)c3ccccc3C2=O)c1. The fraction of sp³-hybridized carbons (Fsp3) is 0.364. The second-order valence-corrected chi connectivity index (χ2v) is 9.99. The molecule has 2 amide bonds. The van der Waals surface area contributed by atoms with Gasteiger partial charge in [-0.1, -0.05) is 19.1 Å². The third kappa shape index (κ3) is 3.40. The van der Waals surface area contributed by atoms with Gasteiger partial charge in [-0.3, -0.25) is 9.59 Å². The van der Waals surface area contributed by atoms with Gasteiger partial charge in [0, 0.05) is 13.1 Å². The molecule has 2 aromatic rings. The zero-order chi connectivity index (χ0) is 21.6. The zero-order valence-electron chi connectivity index (χ0n) is 17.2. The quantitative estimate of drug-likeness (QED) is 0.697. The number of anilines is 2. The van der Waals surface area contributed by atoms with Gasteiger partial charge in [-0.25, -0.2) is 13.3 Å². The molecule has 0 saturated carbocycles. The van der Waals surface area contributed by atoms with Crippen LogP contribution in [-0.4, -0.2) is 51.3 Å². The number of carbonyl (C=O) groups is 2. The number of nitrogens with zero attached hydrogens (tertiary/aromatic N) is 2. The van der Waals surface area contributed by atoms with E-state index in [4.69, 9.17) is 4.74 Å². The first kappa shape index (κ1) is 20.6. The van der Waals surface area contributed by atoms with E-state index in [1.54, 1.807) is 43.3 Å². The minimum absolute atomic E-state index is 0.0390. The number of rotatable bonds is 4. The van der Waals surface area contributed by atoms with Crippen molar-refractivity contribution in [3.63, 3.8) is 0 Å². The van der Waals surface area contributed by atoms with Crippen molar-refractivity contribution in [2.45, 2.75) is 37.9 Å². The number of carbonyl (C=O) groups excluding carboxylic acids is 2. The van der Waals surface area contributed by atoms with Crippen LogP contribution in [0.3, 0.4) is 0 Å². The molecule has 0 aliphatic carbocycles. The molecule has 2 heterocycles. The number of sulfone groups is 1. The first-order valence-corrected chi connectivity index (χ1v) is 11.6. The standard InChI is InChI=1S/C22H24N2O5S/c1-4-30(27,28)16-9-10-19(23-12-14(2)29-15(3)13-23)20(11-16)24-21(25)17-7-5-6-8-18(17)22(24)26/h5-11,14-15H,4,12-13H2,1-3H3. The molecular weight excluding hydrogens is 404 g/mol. The van der Waals surface area contributed by atoms with Gasteiger partial charge in [0.1, 0.15) is 0 Å². The predicted molar refractivity (Wildman–Crippen MR) is 114 cm³/mol. The number of imide groups is 1. The molecule has 8 heteroatoms. The molecule has 30 heavy (non-hydrogen) atoms. The Bertz CT molecular complexity index is 1080. The highest BCUT2D eigenvalue weighted by atomic mass is 32.2. The monoisotopic (exact) mass is 428 g/mol. The van der Waals surface area contributed by atoms with Crippen LogP contribution in [-0.2, 0) is 14.6 Å². The Morgan fingerprint density at radius 1 is 0.933 bits per heavy atom. The number of morpholine rings is 1. The summed E-state index contributed by atoms with van der Waals surface area (Å²) in [5.74, 6) is -0.964. The van der Waals surface area contributed by atoms with Crippen LogP contribution in [0.15, 0.2) is 47.4 Å². The van der Waals surface area contributed by atoms with Gasteiger partial charge >= 0.3 is 0 Å². The molecule has 7 nitrogen and oxygen atoms in total. The Morgan fingerprint density at radius 3 is 2.03 bits per heavy atom. The summed E-state index contributed by atoms with van der Waals surface area (Å²) < 4.78 is 30.8. The number of hydrogen-bond acceptors (Lipinski definition) is 6. The molecule has 1 saturated heterocycles. The fourth-order valence-corrected chi connectivity index (χ4v) is 4.99. The van der Waals surface area contributed by atoms with Crippen LogP contribution in [0.25, 0.3) is 0 Å². The average molecular weight is 429 g/mol. The van der Waals surface area contributed by atoms with Crippen LogP contribution in [0.4, 0.5) is 11.4 Å². The minimum atomic E-state index is -3.51. The average Bonchev–Trinajstić information content (AvgIpc) is 2.97. The van der Waals surface area contributed by atoms with Gasteiger partial charge in [0.2, 0.25) is 0 Å². The smallest absolute Gasteiger partial charge is 0.266 e. The van der Waals surface area contributed by atoms with Gasteiger partial charge in [0.15, 0.2) is 9.84 Å². The van der Waals surface area contributed by atoms with E-state index in [9.17, 15) is 18.0 Å². The van der Waals surface area contributed by atoms with E-state index in [0.717, 1.165) is 4.90 Å². The molecule has 158 valence electrons. The summed E-state index contributed by atoms with van der Waals surface area (Å²) in [6, 6.07) is 11.3. The van der Waals surface area contributed by atoms with Crippen LogP contribution in [0.1, 0.15) is 41.5 Å².